The van der Waals surface area contributed by atoms with Crippen LogP contribution in [0.15, 0.2) is 210 Å². The van der Waals surface area contributed by atoms with Crippen molar-refractivity contribution in [2.24, 2.45) is 4.99 Å². The SMILES string of the molecule is c1ccc(C2NC(c3ccc4ccccc4c3)=NC(c3ccc(-c4ccc(-c5cccc6ccccc56)c5oc6cc7ccccc7cc6c45)c4ccccc34)N2)cc1. The predicted molar refractivity (Wildman–Crippen MR) is 246 cm³/mol. The molecule has 0 fully saturated rings. The molecule has 59 heavy (non-hydrogen) atoms. The number of benzene rings is 10. The Morgan fingerprint density at radius 1 is 0.424 bits per heavy atom. The molecular weight excluding hydrogens is 719 g/mol. The Morgan fingerprint density at radius 3 is 1.88 bits per heavy atom. The molecule has 278 valence electrons. The molecule has 0 saturated heterocycles. The molecule has 0 spiro atoms. The van der Waals surface area contributed by atoms with E-state index in [1.165, 1.54) is 32.3 Å². The zero-order valence-corrected chi connectivity index (χ0v) is 32.1. The van der Waals surface area contributed by atoms with E-state index in [1.807, 2.05) is 0 Å². The largest absolute Gasteiger partial charge is 0.455 e. The van der Waals surface area contributed by atoms with Gasteiger partial charge in [0, 0.05) is 21.9 Å². The fourth-order valence-corrected chi connectivity index (χ4v) is 9.28. The lowest BCUT2D eigenvalue weighted by Crippen LogP contribution is -2.45. The summed E-state index contributed by atoms with van der Waals surface area (Å²) in [5.41, 5.74) is 9.66. The molecule has 0 bridgehead atoms. The summed E-state index contributed by atoms with van der Waals surface area (Å²) in [5, 5.41) is 19.3. The third-order valence-corrected chi connectivity index (χ3v) is 12.1. The van der Waals surface area contributed by atoms with Crippen LogP contribution in [-0.2, 0) is 0 Å². The average Bonchev–Trinajstić information content (AvgIpc) is 3.68. The number of hydrogen-bond acceptors (Lipinski definition) is 4. The number of amidine groups is 1. The minimum absolute atomic E-state index is 0.146. The Labute approximate surface area is 341 Å². The molecule has 4 nitrogen and oxygen atoms in total. The van der Waals surface area contributed by atoms with Crippen LogP contribution in [0.25, 0.3) is 87.3 Å². The lowest BCUT2D eigenvalue weighted by Gasteiger charge is -2.33. The normalized spacial score (nSPS) is 15.6. The molecule has 11 aromatic rings. The van der Waals surface area contributed by atoms with E-state index in [0.29, 0.717) is 0 Å². The van der Waals surface area contributed by atoms with Gasteiger partial charge in [-0.25, -0.2) is 4.99 Å². The smallest absolute Gasteiger partial charge is 0.143 e. The highest BCUT2D eigenvalue weighted by Gasteiger charge is 2.28. The van der Waals surface area contributed by atoms with Gasteiger partial charge in [0.2, 0.25) is 0 Å². The maximum atomic E-state index is 6.99. The van der Waals surface area contributed by atoms with E-state index >= 15 is 0 Å². The van der Waals surface area contributed by atoms with Crippen molar-refractivity contribution in [3.8, 4) is 22.3 Å². The molecule has 1 aromatic heterocycles. The van der Waals surface area contributed by atoms with Crippen LogP contribution < -0.4 is 10.6 Å². The Hall–Kier alpha value is -7.53. The number of nitrogens with zero attached hydrogens (tertiary/aromatic N) is 1. The molecule has 0 saturated carbocycles. The lowest BCUT2D eigenvalue weighted by atomic mass is 9.89. The number of rotatable bonds is 5. The second-order valence-corrected chi connectivity index (χ2v) is 15.5. The van der Waals surface area contributed by atoms with E-state index in [9.17, 15) is 0 Å². The molecule has 1 aliphatic heterocycles. The Bertz CT molecular complexity index is 3470. The molecule has 4 heteroatoms. The topological polar surface area (TPSA) is 49.6 Å². The van der Waals surface area contributed by atoms with Crippen LogP contribution in [0.5, 0.6) is 0 Å². The average molecular weight is 756 g/mol. The van der Waals surface area contributed by atoms with Crippen LogP contribution in [0.2, 0.25) is 0 Å². The minimum Gasteiger partial charge on any atom is -0.455 e. The van der Waals surface area contributed by atoms with Crippen LogP contribution in [0.3, 0.4) is 0 Å². The molecule has 12 rings (SSSR count). The van der Waals surface area contributed by atoms with Gasteiger partial charge >= 0.3 is 0 Å². The first-order valence-electron chi connectivity index (χ1n) is 20.3. The monoisotopic (exact) mass is 755 g/mol. The molecule has 0 radical (unpaired) electrons. The fraction of sp³-hybridized carbons (Fsp3) is 0.0364. The summed E-state index contributed by atoms with van der Waals surface area (Å²) in [6, 6.07) is 71.7. The van der Waals surface area contributed by atoms with Crippen LogP contribution in [0.1, 0.15) is 29.0 Å². The Morgan fingerprint density at radius 2 is 1.05 bits per heavy atom. The summed E-state index contributed by atoms with van der Waals surface area (Å²) in [7, 11) is 0. The molecule has 2 heterocycles. The molecule has 10 aromatic carbocycles. The van der Waals surface area contributed by atoms with Crippen molar-refractivity contribution in [3.05, 3.63) is 217 Å². The number of aliphatic imine (C=N–C) groups is 1. The first kappa shape index (κ1) is 33.6. The Kier molecular flexibility index (Phi) is 7.72. The van der Waals surface area contributed by atoms with Crippen LogP contribution in [-0.4, -0.2) is 5.84 Å². The summed E-state index contributed by atoms with van der Waals surface area (Å²) in [6.45, 7) is 0. The predicted octanol–water partition coefficient (Wildman–Crippen LogP) is 13.9. The summed E-state index contributed by atoms with van der Waals surface area (Å²) in [5.74, 6) is 0.865. The first-order valence-corrected chi connectivity index (χ1v) is 20.3. The van der Waals surface area contributed by atoms with Crippen molar-refractivity contribution in [1.82, 2.24) is 10.6 Å². The van der Waals surface area contributed by atoms with E-state index in [4.69, 9.17) is 9.41 Å². The lowest BCUT2D eigenvalue weighted by molar-refractivity contribution is 0.410. The van der Waals surface area contributed by atoms with E-state index in [1.54, 1.807) is 0 Å². The van der Waals surface area contributed by atoms with E-state index in [2.05, 4.69) is 211 Å². The molecule has 0 aliphatic carbocycles. The third kappa shape index (κ3) is 5.60. The van der Waals surface area contributed by atoms with Crippen LogP contribution >= 0.6 is 0 Å². The van der Waals surface area contributed by atoms with Gasteiger partial charge < -0.3 is 9.73 Å². The van der Waals surface area contributed by atoms with Crippen molar-refractivity contribution >= 4 is 70.9 Å². The van der Waals surface area contributed by atoms with Gasteiger partial charge in [-0.2, -0.15) is 0 Å². The maximum Gasteiger partial charge on any atom is 0.143 e. The van der Waals surface area contributed by atoms with Crippen molar-refractivity contribution in [1.29, 1.82) is 0 Å². The highest BCUT2D eigenvalue weighted by molar-refractivity contribution is 6.21. The van der Waals surface area contributed by atoms with Gasteiger partial charge in [0.1, 0.15) is 29.3 Å². The number of hydrogen-bond donors (Lipinski definition) is 2. The van der Waals surface area contributed by atoms with Crippen molar-refractivity contribution in [3.63, 3.8) is 0 Å². The summed E-state index contributed by atoms with van der Waals surface area (Å²) < 4.78 is 6.99. The second-order valence-electron chi connectivity index (χ2n) is 15.5. The van der Waals surface area contributed by atoms with Crippen molar-refractivity contribution in [2.75, 3.05) is 0 Å². The molecular formula is C55H37N3O. The van der Waals surface area contributed by atoms with Crippen molar-refractivity contribution < 1.29 is 4.42 Å². The van der Waals surface area contributed by atoms with Crippen LogP contribution in [0.4, 0.5) is 0 Å². The fourth-order valence-electron chi connectivity index (χ4n) is 9.28. The molecule has 2 N–H and O–H groups in total. The van der Waals surface area contributed by atoms with Gasteiger partial charge in [-0.1, -0.05) is 176 Å². The van der Waals surface area contributed by atoms with Gasteiger partial charge in [0.05, 0.1) is 0 Å². The zero-order chi connectivity index (χ0) is 38.9. The highest BCUT2D eigenvalue weighted by atomic mass is 16.3. The second kappa shape index (κ2) is 13.6. The first-order chi connectivity index (χ1) is 29.2. The van der Waals surface area contributed by atoms with Gasteiger partial charge in [0.25, 0.3) is 0 Å². The number of fused-ring (bicyclic) bond motifs is 7. The van der Waals surface area contributed by atoms with Gasteiger partial charge in [-0.3, -0.25) is 5.32 Å². The van der Waals surface area contributed by atoms with Crippen molar-refractivity contribution in [2.45, 2.75) is 12.3 Å². The summed E-state index contributed by atoms with van der Waals surface area (Å²) in [4.78, 5) is 5.42. The van der Waals surface area contributed by atoms with Gasteiger partial charge in [-0.15, -0.1) is 0 Å². The third-order valence-electron chi connectivity index (χ3n) is 12.1. The van der Waals surface area contributed by atoms with E-state index < -0.39 is 0 Å². The molecule has 0 amide bonds. The summed E-state index contributed by atoms with van der Waals surface area (Å²) in [6.07, 6.45) is -0.455. The minimum atomic E-state index is -0.309. The molecule has 2 atom stereocenters. The number of nitrogens with one attached hydrogen (secondary N) is 2. The van der Waals surface area contributed by atoms with E-state index in [-0.39, 0.29) is 12.3 Å². The van der Waals surface area contributed by atoms with Crippen LogP contribution in [0, 0.1) is 0 Å². The maximum absolute atomic E-state index is 6.99. The highest BCUT2D eigenvalue weighted by Crippen LogP contribution is 2.46. The van der Waals surface area contributed by atoms with Gasteiger partial charge in [0.15, 0.2) is 0 Å². The molecule has 1 aliphatic rings. The quantitative estimate of drug-likeness (QED) is 0.184. The van der Waals surface area contributed by atoms with Gasteiger partial charge in [-0.05, 0) is 95.2 Å². The zero-order valence-electron chi connectivity index (χ0n) is 32.1. The number of furan rings is 1. The Balaban J connectivity index is 1.06. The molecule has 2 unspecified atom stereocenters. The van der Waals surface area contributed by atoms with E-state index in [0.717, 1.165) is 77.5 Å². The standard InChI is InChI=1S/C55H37N3O/c1-2-15-36(16-3-1)53-56-54(40-26-25-34-13-4-5-17-37(34)31-40)58-55(57-53)48-30-27-45(43-22-10-11-23-44(43)48)46-28-29-47(42-24-12-20-35-14-8-9-21-41(35)42)52-51(46)49-32-38-18-6-7-19-39(38)33-50(49)59-52/h1-33,53,55,57H,(H,56,58). The summed E-state index contributed by atoms with van der Waals surface area (Å²) >= 11 is 0.